The molecular weight excluding hydrogens is 484 g/mol. The Morgan fingerprint density at radius 2 is 1.84 bits per heavy atom. The molecule has 4 aromatic rings. The summed E-state index contributed by atoms with van der Waals surface area (Å²) in [6.45, 7) is 0.453. The summed E-state index contributed by atoms with van der Waals surface area (Å²) in [5, 5.41) is 6.49. The monoisotopic (exact) mass is 516 g/mol. The Hall–Kier alpha value is -4.28. The molecule has 2 heterocycles. The van der Waals surface area contributed by atoms with E-state index in [-0.39, 0.29) is 17.5 Å². The zero-order chi connectivity index (χ0) is 26.9. The van der Waals surface area contributed by atoms with Crippen LogP contribution in [0, 0.1) is 0 Å². The number of amides is 2. The number of hydrogen-bond acceptors (Lipinski definition) is 8. The van der Waals surface area contributed by atoms with Crippen LogP contribution >= 0.6 is 0 Å². The molecule has 38 heavy (non-hydrogen) atoms. The fourth-order valence-corrected chi connectivity index (χ4v) is 4.12. The highest BCUT2D eigenvalue weighted by atomic mass is 16.5. The maximum Gasteiger partial charge on any atom is 0.277 e. The summed E-state index contributed by atoms with van der Waals surface area (Å²) in [7, 11) is 1.53. The van der Waals surface area contributed by atoms with Crippen molar-refractivity contribution in [2.45, 2.75) is 37.8 Å². The molecule has 0 spiro atoms. The van der Waals surface area contributed by atoms with Crippen molar-refractivity contribution in [3.63, 3.8) is 0 Å². The van der Waals surface area contributed by atoms with Crippen LogP contribution in [-0.4, -0.2) is 41.5 Å². The average molecular weight is 517 g/mol. The molecule has 0 aliphatic rings. The Kier molecular flexibility index (Phi) is 9.02. The predicted octanol–water partition coefficient (Wildman–Crippen LogP) is 3.34. The molecule has 10 heteroatoms. The van der Waals surface area contributed by atoms with Gasteiger partial charge in [-0.1, -0.05) is 42.5 Å². The Balaban J connectivity index is 1.52. The largest absolute Gasteiger partial charge is 0.494 e. The second kappa shape index (κ2) is 12.8. The zero-order valence-electron chi connectivity index (χ0n) is 21.2. The van der Waals surface area contributed by atoms with Gasteiger partial charge < -0.3 is 31.3 Å². The van der Waals surface area contributed by atoms with E-state index in [0.717, 1.165) is 16.5 Å². The van der Waals surface area contributed by atoms with Gasteiger partial charge in [0.05, 0.1) is 24.9 Å². The van der Waals surface area contributed by atoms with E-state index in [1.165, 1.54) is 19.6 Å². The van der Waals surface area contributed by atoms with Gasteiger partial charge in [-0.05, 0) is 49.9 Å². The molecule has 2 amide bonds. The van der Waals surface area contributed by atoms with Gasteiger partial charge in [-0.3, -0.25) is 14.6 Å². The van der Waals surface area contributed by atoms with Crippen molar-refractivity contribution in [2.24, 2.45) is 11.5 Å². The van der Waals surface area contributed by atoms with Crippen LogP contribution in [0.1, 0.15) is 47.2 Å². The van der Waals surface area contributed by atoms with E-state index in [2.05, 4.69) is 20.6 Å². The van der Waals surface area contributed by atoms with Crippen molar-refractivity contribution in [2.75, 3.05) is 19.0 Å². The van der Waals surface area contributed by atoms with Gasteiger partial charge in [0.2, 0.25) is 11.8 Å². The van der Waals surface area contributed by atoms with E-state index in [9.17, 15) is 9.59 Å². The molecule has 4 rings (SSSR count). The van der Waals surface area contributed by atoms with Crippen molar-refractivity contribution in [1.82, 2.24) is 15.3 Å². The first-order chi connectivity index (χ1) is 18.5. The van der Waals surface area contributed by atoms with Gasteiger partial charge in [-0.25, -0.2) is 4.98 Å². The molecule has 2 aromatic heterocycles. The number of fused-ring (bicyclic) bond motifs is 1. The van der Waals surface area contributed by atoms with Crippen LogP contribution in [0.15, 0.2) is 71.5 Å². The molecule has 2 aromatic carbocycles. The average Bonchev–Trinajstić information content (AvgIpc) is 3.44. The third kappa shape index (κ3) is 6.53. The second-order valence-corrected chi connectivity index (χ2v) is 8.87. The van der Waals surface area contributed by atoms with Gasteiger partial charge in [-0.15, -0.1) is 0 Å². The van der Waals surface area contributed by atoms with Gasteiger partial charge >= 0.3 is 0 Å². The molecule has 0 saturated carbocycles. The van der Waals surface area contributed by atoms with Crippen molar-refractivity contribution in [3.8, 4) is 5.75 Å². The number of ether oxygens (including phenoxy) is 1. The van der Waals surface area contributed by atoms with E-state index in [0.29, 0.717) is 43.7 Å². The normalized spacial score (nSPS) is 12.6. The third-order valence-electron chi connectivity index (χ3n) is 6.17. The lowest BCUT2D eigenvalue weighted by Crippen LogP contribution is -2.42. The van der Waals surface area contributed by atoms with Crippen molar-refractivity contribution >= 4 is 28.4 Å². The molecule has 6 N–H and O–H groups in total. The summed E-state index contributed by atoms with van der Waals surface area (Å²) in [5.74, 6) is -0.114. The van der Waals surface area contributed by atoms with Crippen LogP contribution < -0.4 is 26.8 Å². The van der Waals surface area contributed by atoms with Crippen LogP contribution in [-0.2, 0) is 11.2 Å². The highest BCUT2D eigenvalue weighted by Crippen LogP contribution is 2.32. The van der Waals surface area contributed by atoms with Crippen molar-refractivity contribution in [3.05, 3.63) is 84.2 Å². The molecular formula is C28H32N6O4. The fourth-order valence-electron chi connectivity index (χ4n) is 4.12. The number of carbonyl (C=O) groups is 2. The number of benzene rings is 2. The number of pyridine rings is 1. The summed E-state index contributed by atoms with van der Waals surface area (Å²) in [4.78, 5) is 34.6. The number of hydrogen-bond donors (Lipinski definition) is 4. The third-order valence-corrected chi connectivity index (χ3v) is 6.17. The number of rotatable bonds is 12. The molecule has 0 aliphatic heterocycles. The van der Waals surface area contributed by atoms with Gasteiger partial charge in [0, 0.05) is 5.39 Å². The highest BCUT2D eigenvalue weighted by molar-refractivity contribution is 6.05. The Morgan fingerprint density at radius 3 is 2.61 bits per heavy atom. The molecule has 0 radical (unpaired) electrons. The maximum atomic E-state index is 13.0. The molecule has 0 fully saturated rings. The first kappa shape index (κ1) is 26.8. The van der Waals surface area contributed by atoms with Crippen molar-refractivity contribution in [1.29, 1.82) is 0 Å². The number of anilines is 1. The molecule has 0 saturated heterocycles. The smallest absolute Gasteiger partial charge is 0.277 e. The zero-order valence-corrected chi connectivity index (χ0v) is 21.2. The molecule has 0 aliphatic carbocycles. The molecule has 10 nitrogen and oxygen atoms in total. The lowest BCUT2D eigenvalue weighted by Gasteiger charge is -2.19. The number of nitrogens with one attached hydrogen (secondary N) is 2. The topological polar surface area (TPSA) is 158 Å². The first-order valence-corrected chi connectivity index (χ1v) is 12.5. The minimum Gasteiger partial charge on any atom is -0.494 e. The lowest BCUT2D eigenvalue weighted by atomic mass is 10.0. The van der Waals surface area contributed by atoms with E-state index < -0.39 is 18.0 Å². The predicted molar refractivity (Wildman–Crippen MR) is 145 cm³/mol. The maximum absolute atomic E-state index is 13.0. The molecule has 198 valence electrons. The van der Waals surface area contributed by atoms with E-state index in [4.69, 9.17) is 20.6 Å². The number of carbonyl (C=O) groups excluding carboxylic acids is 2. The Morgan fingerprint density at radius 1 is 1.08 bits per heavy atom. The summed E-state index contributed by atoms with van der Waals surface area (Å²) in [5.41, 5.74) is 13.9. The minimum absolute atomic E-state index is 0.0570. The van der Waals surface area contributed by atoms with Gasteiger partial charge in [0.25, 0.3) is 5.91 Å². The van der Waals surface area contributed by atoms with Crippen LogP contribution in [0.2, 0.25) is 0 Å². The van der Waals surface area contributed by atoms with E-state index >= 15 is 0 Å². The number of aryl methyl sites for hydroxylation is 1. The summed E-state index contributed by atoms with van der Waals surface area (Å²) < 4.78 is 11.2. The first-order valence-electron chi connectivity index (χ1n) is 12.5. The van der Waals surface area contributed by atoms with Crippen LogP contribution in [0.5, 0.6) is 5.75 Å². The van der Waals surface area contributed by atoms with Gasteiger partial charge in [0.15, 0.2) is 11.4 Å². The van der Waals surface area contributed by atoms with Crippen LogP contribution in [0.4, 0.5) is 5.69 Å². The molecule has 0 bridgehead atoms. The number of para-hydroxylation sites is 1. The van der Waals surface area contributed by atoms with E-state index in [1.807, 2.05) is 54.6 Å². The summed E-state index contributed by atoms with van der Waals surface area (Å²) in [6, 6.07) is 16.0. The minimum atomic E-state index is -0.705. The summed E-state index contributed by atoms with van der Waals surface area (Å²) >= 11 is 0. The quantitative estimate of drug-likeness (QED) is 0.223. The van der Waals surface area contributed by atoms with Crippen LogP contribution in [0.25, 0.3) is 10.9 Å². The molecule has 2 atom stereocenters. The Bertz CT molecular complexity index is 1370. The Labute approximate surface area is 220 Å². The van der Waals surface area contributed by atoms with E-state index in [1.54, 1.807) is 0 Å². The second-order valence-electron chi connectivity index (χ2n) is 8.87. The number of methoxy groups -OCH3 is 1. The van der Waals surface area contributed by atoms with Crippen molar-refractivity contribution < 1.29 is 18.7 Å². The highest BCUT2D eigenvalue weighted by Gasteiger charge is 2.25. The summed E-state index contributed by atoms with van der Waals surface area (Å²) in [6.07, 6.45) is 5.07. The molecule has 0 unspecified atom stereocenters. The SMILES string of the molecule is COc1c(NC(=O)c2coc([C@@H](CCc3ccccc3)NC(=O)[C@H](N)CCCN)n2)cnc2ccccc12. The number of nitrogens with two attached hydrogens (primary N) is 2. The van der Waals surface area contributed by atoms with Crippen LogP contribution in [0.3, 0.4) is 0 Å². The fraction of sp³-hybridized carbons (Fsp3) is 0.286. The van der Waals surface area contributed by atoms with Gasteiger partial charge in [-0.2, -0.15) is 0 Å². The number of aromatic nitrogens is 2. The lowest BCUT2D eigenvalue weighted by molar-refractivity contribution is -0.123. The standard InChI is InChI=1S/C28H32N6O4/c1-37-25-19-10-5-6-12-21(19)31-16-23(25)33-27(36)24-17-38-28(34-24)22(14-13-18-8-3-2-4-9-18)32-26(35)20(30)11-7-15-29/h2-6,8-10,12,16-17,20,22H,7,11,13-15,29-30H2,1H3,(H,32,35)(H,33,36)/t20-,22-/m1/s1. The van der Waals surface area contributed by atoms with Gasteiger partial charge in [0.1, 0.15) is 18.0 Å². The number of nitrogens with zero attached hydrogens (tertiary/aromatic N) is 2. The number of oxazole rings is 1.